The van der Waals surface area contributed by atoms with Crippen LogP contribution in [0.2, 0.25) is 0 Å². The molecule has 3 rings (SSSR count). The largest absolute Gasteiger partial charge is 0.393 e. The molecule has 0 atom stereocenters. The van der Waals surface area contributed by atoms with Crippen molar-refractivity contribution in [2.75, 3.05) is 11.5 Å². The van der Waals surface area contributed by atoms with Crippen LogP contribution in [0.3, 0.4) is 0 Å². The van der Waals surface area contributed by atoms with Crippen LogP contribution in [0, 0.1) is 0 Å². The van der Waals surface area contributed by atoms with Crippen LogP contribution in [0.25, 0.3) is 16.6 Å². The molecular formula is C12H12N5O+. The highest BCUT2D eigenvalue weighted by atomic mass is 16.5. The number of benzene rings is 1. The van der Waals surface area contributed by atoms with Crippen LogP contribution in [0.15, 0.2) is 42.7 Å². The first-order chi connectivity index (χ1) is 8.66. The molecular weight excluding hydrogens is 230 g/mol. The second kappa shape index (κ2) is 3.63. The quantitative estimate of drug-likeness (QED) is 0.433. The molecule has 2 heterocycles. The van der Waals surface area contributed by atoms with Crippen molar-refractivity contribution in [2.45, 2.75) is 0 Å². The van der Waals surface area contributed by atoms with Gasteiger partial charge in [-0.15, -0.1) is 0 Å². The highest BCUT2D eigenvalue weighted by molar-refractivity contribution is 5.81. The number of nitrogens with zero attached hydrogens (tertiary/aromatic N) is 3. The smallest absolute Gasteiger partial charge is 0.348 e. The second-order valence-corrected chi connectivity index (χ2v) is 4.00. The van der Waals surface area contributed by atoms with Crippen molar-refractivity contribution >= 4 is 22.3 Å². The highest BCUT2D eigenvalue weighted by Gasteiger charge is 2.19. The van der Waals surface area contributed by atoms with E-state index in [9.17, 15) is 5.21 Å². The van der Waals surface area contributed by atoms with Crippen molar-refractivity contribution in [2.24, 2.45) is 0 Å². The third kappa shape index (κ3) is 1.43. The number of rotatable bonds is 1. The summed E-state index contributed by atoms with van der Waals surface area (Å²) < 4.78 is 2.37. The van der Waals surface area contributed by atoms with Crippen LogP contribution in [-0.2, 0) is 0 Å². The molecule has 0 aliphatic rings. The average molecular weight is 242 g/mol. The van der Waals surface area contributed by atoms with Gasteiger partial charge in [0.15, 0.2) is 0 Å². The number of nitrogen functional groups attached to an aromatic ring is 2. The van der Waals surface area contributed by atoms with Crippen LogP contribution in [0.1, 0.15) is 0 Å². The van der Waals surface area contributed by atoms with Gasteiger partial charge in [-0.1, -0.05) is 34.0 Å². The van der Waals surface area contributed by atoms with Gasteiger partial charge in [0.2, 0.25) is 5.82 Å². The molecule has 6 heteroatoms. The highest BCUT2D eigenvalue weighted by Crippen LogP contribution is 2.19. The van der Waals surface area contributed by atoms with E-state index in [0.29, 0.717) is 17.3 Å². The molecule has 0 spiro atoms. The third-order valence-corrected chi connectivity index (χ3v) is 2.83. The zero-order valence-corrected chi connectivity index (χ0v) is 9.49. The minimum absolute atomic E-state index is 0.299. The standard InChI is InChI=1S/C12H12N5O/c13-10-6-15-17(12(10)14)11-5-8-3-1-2-4-9(8)7-16(11)18/h1-7,18H,13-14H2/q+1. The van der Waals surface area contributed by atoms with E-state index in [1.807, 2.05) is 24.3 Å². The number of aromatic nitrogens is 3. The van der Waals surface area contributed by atoms with Gasteiger partial charge in [0.05, 0.1) is 6.20 Å². The van der Waals surface area contributed by atoms with Gasteiger partial charge in [-0.05, 0) is 10.1 Å². The molecule has 3 aromatic rings. The Morgan fingerprint density at radius 3 is 2.56 bits per heavy atom. The van der Waals surface area contributed by atoms with Crippen molar-refractivity contribution < 1.29 is 9.94 Å². The molecule has 5 N–H and O–H groups in total. The summed E-state index contributed by atoms with van der Waals surface area (Å²) in [4.78, 5) is 0. The number of nitrogens with two attached hydrogens (primary N) is 2. The summed E-state index contributed by atoms with van der Waals surface area (Å²) in [6.07, 6.45) is 3.05. The van der Waals surface area contributed by atoms with Crippen LogP contribution in [0.4, 0.5) is 11.5 Å². The fourth-order valence-corrected chi connectivity index (χ4v) is 1.87. The zero-order valence-electron chi connectivity index (χ0n) is 9.49. The predicted octanol–water partition coefficient (Wildman–Crippen LogP) is 0.715. The Labute approximate surface area is 103 Å². The van der Waals surface area contributed by atoms with E-state index in [2.05, 4.69) is 5.10 Å². The molecule has 18 heavy (non-hydrogen) atoms. The van der Waals surface area contributed by atoms with Crippen LogP contribution in [-0.4, -0.2) is 15.0 Å². The number of hydrogen-bond acceptors (Lipinski definition) is 4. The summed E-state index contributed by atoms with van der Waals surface area (Å²) in [6, 6.07) is 9.48. The van der Waals surface area contributed by atoms with Gasteiger partial charge in [-0.2, -0.15) is 0 Å². The molecule has 0 unspecified atom stereocenters. The topological polar surface area (TPSA) is 94.0 Å². The summed E-state index contributed by atoms with van der Waals surface area (Å²) in [5.74, 6) is 0.732. The number of anilines is 2. The maximum atomic E-state index is 9.96. The predicted molar refractivity (Wildman–Crippen MR) is 67.3 cm³/mol. The lowest BCUT2D eigenvalue weighted by Gasteiger charge is -2.01. The molecule has 6 nitrogen and oxygen atoms in total. The fraction of sp³-hybridized carbons (Fsp3) is 0. The Bertz CT molecular complexity index is 734. The lowest BCUT2D eigenvalue weighted by molar-refractivity contribution is -0.898. The molecule has 0 fully saturated rings. The minimum Gasteiger partial charge on any atom is -0.393 e. The molecule has 90 valence electrons. The molecule has 1 aromatic carbocycles. The Balaban J connectivity index is 2.29. The number of fused-ring (bicyclic) bond motifs is 1. The maximum Gasteiger partial charge on any atom is 0.348 e. The average Bonchev–Trinajstić information content (AvgIpc) is 2.69. The third-order valence-electron chi connectivity index (χ3n) is 2.83. The van der Waals surface area contributed by atoms with Gasteiger partial charge >= 0.3 is 5.82 Å². The second-order valence-electron chi connectivity index (χ2n) is 4.00. The zero-order chi connectivity index (χ0) is 12.7. The van der Waals surface area contributed by atoms with Crippen LogP contribution >= 0.6 is 0 Å². The van der Waals surface area contributed by atoms with Gasteiger partial charge in [0.1, 0.15) is 11.9 Å². The molecule has 0 saturated heterocycles. The van der Waals surface area contributed by atoms with E-state index in [0.717, 1.165) is 15.5 Å². The fourth-order valence-electron chi connectivity index (χ4n) is 1.87. The molecule has 0 radical (unpaired) electrons. The van der Waals surface area contributed by atoms with Crippen LogP contribution in [0.5, 0.6) is 0 Å². The Hall–Kier alpha value is -2.76. The summed E-state index contributed by atoms with van der Waals surface area (Å²) in [6.45, 7) is 0. The normalized spacial score (nSPS) is 10.9. The van der Waals surface area contributed by atoms with E-state index in [4.69, 9.17) is 11.5 Å². The molecule has 0 aliphatic heterocycles. The van der Waals surface area contributed by atoms with Gasteiger partial charge in [0.25, 0.3) is 0 Å². The van der Waals surface area contributed by atoms with Crippen molar-refractivity contribution in [3.63, 3.8) is 0 Å². The summed E-state index contributed by atoms with van der Waals surface area (Å²) in [5, 5.41) is 15.9. The Morgan fingerprint density at radius 1 is 1.17 bits per heavy atom. The summed E-state index contributed by atoms with van der Waals surface area (Å²) >= 11 is 0. The number of hydrogen-bond donors (Lipinski definition) is 3. The SMILES string of the molecule is Nc1cnn(-c2cc3ccccc3c[n+]2O)c1N. The molecule has 0 amide bonds. The van der Waals surface area contributed by atoms with E-state index in [-0.39, 0.29) is 0 Å². The Morgan fingerprint density at radius 2 is 1.89 bits per heavy atom. The Kier molecular flexibility index (Phi) is 2.09. The van der Waals surface area contributed by atoms with Crippen molar-refractivity contribution in [1.82, 2.24) is 9.78 Å². The van der Waals surface area contributed by atoms with E-state index >= 15 is 0 Å². The first kappa shape index (κ1) is 10.4. The molecule has 0 saturated carbocycles. The van der Waals surface area contributed by atoms with E-state index < -0.39 is 0 Å². The minimum atomic E-state index is 0.299. The molecule has 2 aromatic heterocycles. The van der Waals surface area contributed by atoms with E-state index in [1.54, 1.807) is 12.3 Å². The summed E-state index contributed by atoms with van der Waals surface area (Å²) in [7, 11) is 0. The van der Waals surface area contributed by atoms with Gasteiger partial charge in [-0.3, -0.25) is 0 Å². The van der Waals surface area contributed by atoms with Gasteiger partial charge in [-0.25, -0.2) is 0 Å². The monoisotopic (exact) mass is 242 g/mol. The number of pyridine rings is 1. The maximum absolute atomic E-state index is 9.96. The van der Waals surface area contributed by atoms with Crippen molar-refractivity contribution in [3.05, 3.63) is 42.7 Å². The molecule has 0 bridgehead atoms. The summed E-state index contributed by atoms with van der Waals surface area (Å²) in [5.41, 5.74) is 11.8. The van der Waals surface area contributed by atoms with E-state index in [1.165, 1.54) is 10.9 Å². The van der Waals surface area contributed by atoms with Gasteiger partial charge < -0.3 is 16.7 Å². The first-order valence-electron chi connectivity index (χ1n) is 5.40. The van der Waals surface area contributed by atoms with Crippen molar-refractivity contribution in [3.8, 4) is 5.82 Å². The first-order valence-corrected chi connectivity index (χ1v) is 5.40. The van der Waals surface area contributed by atoms with Gasteiger partial charge in [0, 0.05) is 11.5 Å². The molecule has 0 aliphatic carbocycles. The van der Waals surface area contributed by atoms with Crippen molar-refractivity contribution in [1.29, 1.82) is 0 Å². The lowest BCUT2D eigenvalue weighted by atomic mass is 10.2. The lowest BCUT2D eigenvalue weighted by Crippen LogP contribution is -2.35. The van der Waals surface area contributed by atoms with Crippen LogP contribution < -0.4 is 16.2 Å².